The first-order valence-corrected chi connectivity index (χ1v) is 7.65. The molecular formula is C13H16N4O2S. The Labute approximate surface area is 118 Å². The lowest BCUT2D eigenvalue weighted by atomic mass is 10.1. The van der Waals surface area contributed by atoms with Gasteiger partial charge in [-0.15, -0.1) is 0 Å². The van der Waals surface area contributed by atoms with Crippen molar-refractivity contribution in [2.45, 2.75) is 24.3 Å². The maximum Gasteiger partial charge on any atom is 0.263 e. The van der Waals surface area contributed by atoms with Crippen LogP contribution >= 0.6 is 0 Å². The lowest BCUT2D eigenvalue weighted by molar-refractivity contribution is 0.600. The molecule has 0 bridgehead atoms. The zero-order chi connectivity index (χ0) is 14.6. The Morgan fingerprint density at radius 1 is 1.35 bits per heavy atom. The van der Waals surface area contributed by atoms with E-state index in [9.17, 15) is 8.42 Å². The van der Waals surface area contributed by atoms with Gasteiger partial charge in [0, 0.05) is 18.4 Å². The number of benzene rings is 1. The van der Waals surface area contributed by atoms with Crippen molar-refractivity contribution in [3.05, 3.63) is 48.4 Å². The van der Waals surface area contributed by atoms with Gasteiger partial charge in [-0.1, -0.05) is 19.1 Å². The second-order valence-corrected chi connectivity index (χ2v) is 5.97. The van der Waals surface area contributed by atoms with Crippen molar-refractivity contribution in [1.82, 2.24) is 9.97 Å². The molecule has 1 unspecified atom stereocenters. The highest BCUT2D eigenvalue weighted by atomic mass is 32.2. The Hall–Kier alpha value is -1.99. The van der Waals surface area contributed by atoms with Crippen molar-refractivity contribution >= 4 is 15.8 Å². The lowest BCUT2D eigenvalue weighted by Crippen LogP contribution is -2.15. The summed E-state index contributed by atoms with van der Waals surface area (Å²) in [6.07, 6.45) is 4.97. The van der Waals surface area contributed by atoms with Crippen LogP contribution in [0.25, 0.3) is 0 Å². The van der Waals surface area contributed by atoms with Crippen LogP contribution in [0.1, 0.15) is 24.9 Å². The third-order valence-electron chi connectivity index (χ3n) is 2.84. The van der Waals surface area contributed by atoms with E-state index in [1.54, 1.807) is 12.1 Å². The van der Waals surface area contributed by atoms with E-state index >= 15 is 0 Å². The molecule has 0 radical (unpaired) electrons. The molecule has 7 heteroatoms. The van der Waals surface area contributed by atoms with Gasteiger partial charge in [-0.25, -0.2) is 13.4 Å². The standard InChI is InChI=1S/C13H16N4O2S/c1-2-12(14)10-4-3-5-11(8-10)20(18,19)17-13-9-15-6-7-16-13/h3-9,12H,2,14H2,1H3,(H,16,17). The molecule has 1 aromatic carbocycles. The van der Waals surface area contributed by atoms with E-state index in [4.69, 9.17) is 5.73 Å². The van der Waals surface area contributed by atoms with Gasteiger partial charge in [0.2, 0.25) is 0 Å². The minimum absolute atomic E-state index is 0.157. The number of anilines is 1. The first-order valence-electron chi connectivity index (χ1n) is 6.17. The summed E-state index contributed by atoms with van der Waals surface area (Å²) in [4.78, 5) is 7.85. The Bertz CT molecular complexity index is 674. The predicted molar refractivity (Wildman–Crippen MR) is 76.5 cm³/mol. The monoisotopic (exact) mass is 292 g/mol. The Kier molecular flexibility index (Phi) is 4.31. The van der Waals surface area contributed by atoms with Crippen molar-refractivity contribution in [3.63, 3.8) is 0 Å². The molecule has 0 saturated heterocycles. The summed E-state index contributed by atoms with van der Waals surface area (Å²) in [6.45, 7) is 1.95. The average molecular weight is 292 g/mol. The van der Waals surface area contributed by atoms with Gasteiger partial charge < -0.3 is 5.73 Å². The first-order chi connectivity index (χ1) is 9.53. The highest BCUT2D eigenvalue weighted by Crippen LogP contribution is 2.19. The van der Waals surface area contributed by atoms with Crippen molar-refractivity contribution in [3.8, 4) is 0 Å². The molecule has 106 valence electrons. The van der Waals surface area contributed by atoms with Crippen molar-refractivity contribution in [2.75, 3.05) is 4.72 Å². The van der Waals surface area contributed by atoms with Crippen LogP contribution in [-0.2, 0) is 10.0 Å². The van der Waals surface area contributed by atoms with E-state index in [1.807, 2.05) is 13.0 Å². The molecule has 0 aliphatic heterocycles. The summed E-state index contributed by atoms with van der Waals surface area (Å²) >= 11 is 0. The lowest BCUT2D eigenvalue weighted by Gasteiger charge is -2.12. The minimum atomic E-state index is -3.69. The molecule has 6 nitrogen and oxygen atoms in total. The number of nitrogens with two attached hydrogens (primary N) is 1. The van der Waals surface area contributed by atoms with Crippen molar-refractivity contribution in [1.29, 1.82) is 0 Å². The summed E-state index contributed by atoms with van der Waals surface area (Å²) in [5.41, 5.74) is 6.71. The number of rotatable bonds is 5. The fraction of sp³-hybridized carbons (Fsp3) is 0.231. The van der Waals surface area contributed by atoms with E-state index < -0.39 is 10.0 Å². The van der Waals surface area contributed by atoms with Gasteiger partial charge in [-0.05, 0) is 24.1 Å². The van der Waals surface area contributed by atoms with Gasteiger partial charge in [0.1, 0.15) is 0 Å². The highest BCUT2D eigenvalue weighted by molar-refractivity contribution is 7.92. The largest absolute Gasteiger partial charge is 0.324 e. The summed E-state index contributed by atoms with van der Waals surface area (Å²) in [5.74, 6) is 0.178. The number of nitrogens with one attached hydrogen (secondary N) is 1. The fourth-order valence-electron chi connectivity index (χ4n) is 1.70. The molecule has 2 aromatic rings. The molecule has 1 aromatic heterocycles. The molecule has 2 rings (SSSR count). The van der Waals surface area contributed by atoms with Gasteiger partial charge in [0.05, 0.1) is 11.1 Å². The van der Waals surface area contributed by atoms with E-state index in [0.717, 1.165) is 12.0 Å². The van der Waals surface area contributed by atoms with E-state index in [-0.39, 0.29) is 16.8 Å². The van der Waals surface area contributed by atoms with Gasteiger partial charge in [-0.2, -0.15) is 0 Å². The number of hydrogen-bond donors (Lipinski definition) is 2. The molecule has 0 aliphatic rings. The molecule has 0 amide bonds. The number of aromatic nitrogens is 2. The average Bonchev–Trinajstić information content (AvgIpc) is 2.47. The minimum Gasteiger partial charge on any atom is -0.324 e. The maximum atomic E-state index is 12.2. The molecule has 3 N–H and O–H groups in total. The Morgan fingerprint density at radius 2 is 2.15 bits per heavy atom. The smallest absolute Gasteiger partial charge is 0.263 e. The van der Waals surface area contributed by atoms with Crippen LogP contribution in [0.3, 0.4) is 0 Å². The van der Waals surface area contributed by atoms with Crippen LogP contribution in [0.2, 0.25) is 0 Å². The molecule has 20 heavy (non-hydrogen) atoms. The van der Waals surface area contributed by atoms with Crippen LogP contribution in [-0.4, -0.2) is 18.4 Å². The third-order valence-corrected chi connectivity index (χ3v) is 4.19. The molecule has 0 fully saturated rings. The van der Waals surface area contributed by atoms with Crippen molar-refractivity contribution < 1.29 is 8.42 Å². The topological polar surface area (TPSA) is 98.0 Å². The molecule has 0 spiro atoms. The SMILES string of the molecule is CCC(N)c1cccc(S(=O)(=O)Nc2cnccn2)c1. The molecule has 0 aliphatic carbocycles. The predicted octanol–water partition coefficient (Wildman–Crippen LogP) is 1.69. The van der Waals surface area contributed by atoms with E-state index in [0.29, 0.717) is 0 Å². The van der Waals surface area contributed by atoms with Crippen LogP contribution in [0, 0.1) is 0 Å². The van der Waals surface area contributed by atoms with Crippen LogP contribution in [0.15, 0.2) is 47.8 Å². The van der Waals surface area contributed by atoms with Crippen LogP contribution in [0.5, 0.6) is 0 Å². The summed E-state index contributed by atoms with van der Waals surface area (Å²) < 4.78 is 26.9. The second kappa shape index (κ2) is 5.98. The van der Waals surface area contributed by atoms with Gasteiger partial charge in [0.25, 0.3) is 10.0 Å². The van der Waals surface area contributed by atoms with Gasteiger partial charge >= 0.3 is 0 Å². The molecule has 0 saturated carbocycles. The number of nitrogens with zero attached hydrogens (tertiary/aromatic N) is 2. The third kappa shape index (κ3) is 3.31. The van der Waals surface area contributed by atoms with Gasteiger partial charge in [-0.3, -0.25) is 9.71 Å². The highest BCUT2D eigenvalue weighted by Gasteiger charge is 2.16. The number of hydrogen-bond acceptors (Lipinski definition) is 5. The summed E-state index contributed by atoms with van der Waals surface area (Å²) in [7, 11) is -3.69. The van der Waals surface area contributed by atoms with Gasteiger partial charge in [0.15, 0.2) is 5.82 Å². The zero-order valence-corrected chi connectivity index (χ0v) is 11.8. The normalized spacial score (nSPS) is 12.9. The van der Waals surface area contributed by atoms with E-state index in [1.165, 1.54) is 24.7 Å². The summed E-state index contributed by atoms with van der Waals surface area (Å²) in [5, 5.41) is 0. The zero-order valence-electron chi connectivity index (χ0n) is 11.0. The second-order valence-electron chi connectivity index (χ2n) is 4.28. The van der Waals surface area contributed by atoms with Crippen LogP contribution < -0.4 is 10.5 Å². The molecular weight excluding hydrogens is 276 g/mol. The molecule has 1 heterocycles. The Morgan fingerprint density at radius 3 is 2.80 bits per heavy atom. The summed E-state index contributed by atoms with van der Waals surface area (Å²) in [6, 6.07) is 6.41. The number of sulfonamides is 1. The maximum absolute atomic E-state index is 12.2. The van der Waals surface area contributed by atoms with E-state index in [2.05, 4.69) is 14.7 Å². The van der Waals surface area contributed by atoms with Crippen LogP contribution in [0.4, 0.5) is 5.82 Å². The molecule has 1 atom stereocenters. The first kappa shape index (κ1) is 14.4. The Balaban J connectivity index is 2.30. The fourth-order valence-corrected chi connectivity index (χ4v) is 2.74. The van der Waals surface area contributed by atoms with Crippen molar-refractivity contribution in [2.24, 2.45) is 5.73 Å². The quantitative estimate of drug-likeness (QED) is 0.873.